The van der Waals surface area contributed by atoms with Crippen LogP contribution in [0, 0.1) is 11.8 Å². The minimum Gasteiger partial charge on any atom is -0.101 e. The number of rotatable bonds is 2. The van der Waals surface area contributed by atoms with E-state index in [1.807, 2.05) is 32.1 Å². The summed E-state index contributed by atoms with van der Waals surface area (Å²) in [5.74, 6) is 5.77. The van der Waals surface area contributed by atoms with Crippen molar-refractivity contribution in [2.45, 2.75) is 13.8 Å². The van der Waals surface area contributed by atoms with Crippen LogP contribution in [0.1, 0.15) is 13.8 Å². The zero-order valence-corrected chi connectivity index (χ0v) is 6.52. The summed E-state index contributed by atoms with van der Waals surface area (Å²) in [6.45, 7) is 7.35. The Hall–Kier alpha value is -1.22. The van der Waals surface area contributed by atoms with Crippen LogP contribution < -0.4 is 0 Å². The molecular weight excluding hydrogens is 120 g/mol. The number of hydrogen-bond acceptors (Lipinski definition) is 0. The molecule has 0 atom stereocenters. The Morgan fingerprint density at radius 3 is 2.60 bits per heavy atom. The van der Waals surface area contributed by atoms with Gasteiger partial charge in [-0.15, -0.1) is 5.92 Å². The third-order valence-electron chi connectivity index (χ3n) is 0.992. The normalized spacial score (nSPS) is 10.8. The van der Waals surface area contributed by atoms with Crippen LogP contribution >= 0.6 is 0 Å². The highest BCUT2D eigenvalue weighted by Crippen LogP contribution is 1.93. The first-order valence-corrected chi connectivity index (χ1v) is 3.23. The summed E-state index contributed by atoms with van der Waals surface area (Å²) >= 11 is 0. The lowest BCUT2D eigenvalue weighted by molar-refractivity contribution is 1.64. The molecule has 0 aromatic rings. The summed E-state index contributed by atoms with van der Waals surface area (Å²) in [4.78, 5) is 0. The van der Waals surface area contributed by atoms with Crippen molar-refractivity contribution in [2.24, 2.45) is 0 Å². The van der Waals surface area contributed by atoms with Gasteiger partial charge < -0.3 is 0 Å². The first-order chi connectivity index (χ1) is 4.85. The second kappa shape index (κ2) is 5.91. The smallest absolute Gasteiger partial charge is 0.0202 e. The first kappa shape index (κ1) is 8.78. The Labute approximate surface area is 63.0 Å². The van der Waals surface area contributed by atoms with Gasteiger partial charge in [-0.1, -0.05) is 30.7 Å². The average molecular weight is 132 g/mol. The van der Waals surface area contributed by atoms with Gasteiger partial charge in [-0.3, -0.25) is 0 Å². The zero-order valence-electron chi connectivity index (χ0n) is 6.52. The lowest BCUT2D eigenvalue weighted by atomic mass is 10.2. The van der Waals surface area contributed by atoms with E-state index in [0.717, 1.165) is 5.57 Å². The van der Waals surface area contributed by atoms with Gasteiger partial charge >= 0.3 is 0 Å². The molecule has 0 nitrogen and oxygen atoms in total. The van der Waals surface area contributed by atoms with Crippen molar-refractivity contribution in [1.29, 1.82) is 0 Å². The Bertz CT molecular complexity index is 206. The molecule has 0 aromatic heterocycles. The molecular formula is C10H12. The summed E-state index contributed by atoms with van der Waals surface area (Å²) in [6.07, 6.45) is 7.51. The van der Waals surface area contributed by atoms with E-state index in [1.54, 1.807) is 6.08 Å². The molecule has 10 heavy (non-hydrogen) atoms. The van der Waals surface area contributed by atoms with Crippen LogP contribution in [-0.4, -0.2) is 0 Å². The molecule has 0 rings (SSSR count). The zero-order chi connectivity index (χ0) is 7.82. The van der Waals surface area contributed by atoms with Gasteiger partial charge in [0.1, 0.15) is 0 Å². The van der Waals surface area contributed by atoms with Gasteiger partial charge in [0.15, 0.2) is 0 Å². The molecule has 0 N–H and O–H groups in total. The van der Waals surface area contributed by atoms with E-state index in [9.17, 15) is 0 Å². The van der Waals surface area contributed by atoms with Gasteiger partial charge in [0.2, 0.25) is 0 Å². The first-order valence-electron chi connectivity index (χ1n) is 3.23. The highest BCUT2D eigenvalue weighted by Gasteiger charge is 1.77. The van der Waals surface area contributed by atoms with Crippen LogP contribution in [0.4, 0.5) is 0 Å². The van der Waals surface area contributed by atoms with Crippen LogP contribution in [0.25, 0.3) is 0 Å². The van der Waals surface area contributed by atoms with Crippen molar-refractivity contribution in [2.75, 3.05) is 0 Å². The fourth-order valence-corrected chi connectivity index (χ4v) is 0.526. The Balaban J connectivity index is 4.20. The van der Waals surface area contributed by atoms with Gasteiger partial charge in [0.25, 0.3) is 0 Å². The van der Waals surface area contributed by atoms with Crippen molar-refractivity contribution in [3.8, 4) is 11.8 Å². The molecule has 0 aliphatic carbocycles. The Morgan fingerprint density at radius 1 is 1.50 bits per heavy atom. The number of hydrogen-bond donors (Lipinski definition) is 0. The molecule has 0 aliphatic rings. The highest BCUT2D eigenvalue weighted by atomic mass is 13.8. The Kier molecular flexibility index (Phi) is 5.19. The predicted molar refractivity (Wildman–Crippen MR) is 46.5 cm³/mol. The minimum atomic E-state index is 1.03. The monoisotopic (exact) mass is 132 g/mol. The molecule has 0 fully saturated rings. The van der Waals surface area contributed by atoms with Gasteiger partial charge in [0, 0.05) is 5.57 Å². The second-order valence-corrected chi connectivity index (χ2v) is 1.71. The molecule has 0 saturated carbocycles. The summed E-state index contributed by atoms with van der Waals surface area (Å²) < 4.78 is 0. The molecule has 0 radical (unpaired) electrons. The van der Waals surface area contributed by atoms with Gasteiger partial charge in [0.05, 0.1) is 0 Å². The van der Waals surface area contributed by atoms with Crippen molar-refractivity contribution in [3.05, 3.63) is 36.5 Å². The van der Waals surface area contributed by atoms with Gasteiger partial charge in [-0.2, -0.15) is 0 Å². The second-order valence-electron chi connectivity index (χ2n) is 1.71. The third-order valence-corrected chi connectivity index (χ3v) is 0.992. The third kappa shape index (κ3) is 3.74. The van der Waals surface area contributed by atoms with Crippen molar-refractivity contribution in [1.82, 2.24) is 0 Å². The van der Waals surface area contributed by atoms with E-state index in [4.69, 9.17) is 0 Å². The van der Waals surface area contributed by atoms with E-state index in [0.29, 0.717) is 0 Å². The van der Waals surface area contributed by atoms with E-state index < -0.39 is 0 Å². The quantitative estimate of drug-likeness (QED) is 0.400. The maximum absolute atomic E-state index is 3.56. The predicted octanol–water partition coefficient (Wildman–Crippen LogP) is 2.70. The maximum atomic E-state index is 3.56. The molecule has 0 amide bonds. The summed E-state index contributed by atoms with van der Waals surface area (Å²) in [7, 11) is 0. The van der Waals surface area contributed by atoms with Crippen LogP contribution in [0.5, 0.6) is 0 Å². The van der Waals surface area contributed by atoms with Crippen molar-refractivity contribution >= 4 is 0 Å². The Morgan fingerprint density at radius 2 is 2.20 bits per heavy atom. The van der Waals surface area contributed by atoms with E-state index in [-0.39, 0.29) is 0 Å². The minimum absolute atomic E-state index is 1.03. The lowest BCUT2D eigenvalue weighted by Gasteiger charge is -1.83. The average Bonchev–Trinajstić information content (AvgIpc) is 1.98. The topological polar surface area (TPSA) is 0 Å². The fraction of sp³-hybridized carbons (Fsp3) is 0.200. The number of allylic oxidation sites excluding steroid dienone is 5. The van der Waals surface area contributed by atoms with Crippen LogP contribution in [0.3, 0.4) is 0 Å². The standard InChI is InChI=1S/C10H12/c1-4-7-9-10(6-3)8-5-2/h4,6-7,9H,1H2,2-3H3/b9-7-,10-6-. The van der Waals surface area contributed by atoms with Crippen molar-refractivity contribution < 1.29 is 0 Å². The largest absolute Gasteiger partial charge is 0.101 e. The summed E-state index contributed by atoms with van der Waals surface area (Å²) in [5, 5.41) is 0. The van der Waals surface area contributed by atoms with Gasteiger partial charge in [-0.05, 0) is 19.9 Å². The fourth-order valence-electron chi connectivity index (χ4n) is 0.526. The molecule has 0 aromatic carbocycles. The highest BCUT2D eigenvalue weighted by molar-refractivity contribution is 5.38. The molecule has 0 saturated heterocycles. The molecule has 0 bridgehead atoms. The van der Waals surface area contributed by atoms with Crippen LogP contribution in [0.2, 0.25) is 0 Å². The molecule has 52 valence electrons. The SMILES string of the molecule is C=C/C=C\C(C#CC)=C/C. The van der Waals surface area contributed by atoms with Gasteiger partial charge in [-0.25, -0.2) is 0 Å². The summed E-state index contributed by atoms with van der Waals surface area (Å²) in [6, 6.07) is 0. The van der Waals surface area contributed by atoms with E-state index in [1.165, 1.54) is 0 Å². The lowest BCUT2D eigenvalue weighted by Crippen LogP contribution is -1.67. The molecule has 0 unspecified atom stereocenters. The van der Waals surface area contributed by atoms with Crippen molar-refractivity contribution in [3.63, 3.8) is 0 Å². The molecule has 0 heterocycles. The van der Waals surface area contributed by atoms with Crippen LogP contribution in [0.15, 0.2) is 36.5 Å². The molecule has 0 aliphatic heterocycles. The van der Waals surface area contributed by atoms with Crippen LogP contribution in [-0.2, 0) is 0 Å². The summed E-state index contributed by atoms with van der Waals surface area (Å²) in [5.41, 5.74) is 1.03. The molecule has 0 spiro atoms. The van der Waals surface area contributed by atoms with E-state index in [2.05, 4.69) is 18.4 Å². The maximum Gasteiger partial charge on any atom is 0.0202 e. The van der Waals surface area contributed by atoms with E-state index >= 15 is 0 Å². The molecule has 0 heteroatoms.